The number of nitriles is 1. The summed E-state index contributed by atoms with van der Waals surface area (Å²) in [7, 11) is 1.88. The monoisotopic (exact) mass is 346 g/mol. The van der Waals surface area contributed by atoms with Crippen LogP contribution in [-0.4, -0.2) is 17.0 Å². The summed E-state index contributed by atoms with van der Waals surface area (Å²) in [6.45, 7) is 5.83. The molecule has 0 aliphatic heterocycles. The van der Waals surface area contributed by atoms with Gasteiger partial charge in [0, 0.05) is 18.3 Å². The van der Waals surface area contributed by atoms with Gasteiger partial charge in [0.1, 0.15) is 18.3 Å². The molecule has 0 saturated heterocycles. The van der Waals surface area contributed by atoms with Crippen molar-refractivity contribution in [1.82, 2.24) is 4.57 Å². The van der Waals surface area contributed by atoms with Crippen LogP contribution in [0.2, 0.25) is 0 Å². The van der Waals surface area contributed by atoms with Gasteiger partial charge in [-0.3, -0.25) is 4.79 Å². The van der Waals surface area contributed by atoms with Gasteiger partial charge in [-0.2, -0.15) is 5.26 Å². The molecule has 0 amide bonds. The molecular formula is C22H22N2O2. The molecular weight excluding hydrogens is 324 g/mol. The summed E-state index contributed by atoms with van der Waals surface area (Å²) in [6, 6.07) is 15.9. The standard InChI is InChI=1S/C22H22N2O2/c1-14-9-10-15(2)22(16(14)3)26-13-21(25)18(12-23)20-11-17-7-5-6-8-19(17)24(20)4/h5-11,18H,13H2,1-4H3. The van der Waals surface area contributed by atoms with Crippen LogP contribution in [0.15, 0.2) is 42.5 Å². The first kappa shape index (κ1) is 17.8. The zero-order valence-electron chi connectivity index (χ0n) is 15.5. The fraction of sp³-hybridized carbons (Fsp3) is 0.273. The van der Waals surface area contributed by atoms with Crippen molar-refractivity contribution >= 4 is 16.7 Å². The first-order valence-corrected chi connectivity index (χ1v) is 8.60. The molecule has 0 bridgehead atoms. The van der Waals surface area contributed by atoms with E-state index in [9.17, 15) is 10.1 Å². The van der Waals surface area contributed by atoms with Crippen LogP contribution in [0.4, 0.5) is 0 Å². The van der Waals surface area contributed by atoms with Crippen LogP contribution >= 0.6 is 0 Å². The Morgan fingerprint density at radius 3 is 2.54 bits per heavy atom. The molecule has 132 valence electrons. The summed E-state index contributed by atoms with van der Waals surface area (Å²) in [5.41, 5.74) is 4.82. The number of hydrogen-bond acceptors (Lipinski definition) is 3. The third-order valence-electron chi connectivity index (χ3n) is 4.97. The minimum absolute atomic E-state index is 0.120. The van der Waals surface area contributed by atoms with E-state index in [2.05, 4.69) is 6.07 Å². The van der Waals surface area contributed by atoms with Crippen molar-refractivity contribution in [2.45, 2.75) is 26.7 Å². The molecule has 0 aliphatic rings. The lowest BCUT2D eigenvalue weighted by molar-refractivity contribution is -0.121. The van der Waals surface area contributed by atoms with E-state index in [1.807, 2.05) is 74.9 Å². The lowest BCUT2D eigenvalue weighted by atomic mass is 10.0. The molecule has 1 unspecified atom stereocenters. The van der Waals surface area contributed by atoms with E-state index >= 15 is 0 Å². The minimum atomic E-state index is -0.849. The summed E-state index contributed by atoms with van der Waals surface area (Å²) >= 11 is 0. The van der Waals surface area contributed by atoms with Crippen molar-refractivity contribution in [3.05, 3.63) is 64.8 Å². The lowest BCUT2D eigenvalue weighted by Gasteiger charge is -2.15. The van der Waals surface area contributed by atoms with Crippen molar-refractivity contribution in [3.8, 4) is 11.8 Å². The minimum Gasteiger partial charge on any atom is -0.485 e. The number of fused-ring (bicyclic) bond motifs is 1. The van der Waals surface area contributed by atoms with Crippen molar-refractivity contribution in [2.75, 3.05) is 6.61 Å². The Kier molecular flexibility index (Phi) is 4.81. The molecule has 3 aromatic rings. The Hall–Kier alpha value is -3.06. The highest BCUT2D eigenvalue weighted by molar-refractivity contribution is 5.92. The van der Waals surface area contributed by atoms with E-state index in [1.165, 1.54) is 0 Å². The molecule has 1 heterocycles. The molecule has 0 radical (unpaired) electrons. The average Bonchev–Trinajstić information content (AvgIpc) is 2.96. The van der Waals surface area contributed by atoms with Gasteiger partial charge in [0.25, 0.3) is 0 Å². The second kappa shape index (κ2) is 7.05. The highest BCUT2D eigenvalue weighted by Crippen LogP contribution is 2.28. The van der Waals surface area contributed by atoms with Gasteiger partial charge in [-0.05, 0) is 55.0 Å². The van der Waals surface area contributed by atoms with Gasteiger partial charge < -0.3 is 9.30 Å². The highest BCUT2D eigenvalue weighted by Gasteiger charge is 2.25. The fourth-order valence-corrected chi connectivity index (χ4v) is 3.26. The number of carbonyl (C=O) groups is 1. The van der Waals surface area contributed by atoms with E-state index in [0.717, 1.165) is 33.3 Å². The number of hydrogen-bond donors (Lipinski definition) is 0. The Balaban J connectivity index is 1.85. The molecule has 2 aromatic carbocycles. The predicted molar refractivity (Wildman–Crippen MR) is 102 cm³/mol. The summed E-state index contributed by atoms with van der Waals surface area (Å²) in [4.78, 5) is 12.7. The second-order valence-corrected chi connectivity index (χ2v) is 6.66. The molecule has 0 fully saturated rings. The number of aryl methyl sites for hydroxylation is 3. The van der Waals surface area contributed by atoms with Crippen LogP contribution in [-0.2, 0) is 11.8 Å². The number of nitrogens with zero attached hydrogens (tertiary/aromatic N) is 2. The molecule has 0 saturated carbocycles. The molecule has 3 rings (SSSR count). The van der Waals surface area contributed by atoms with Crippen molar-refractivity contribution < 1.29 is 9.53 Å². The number of carbonyl (C=O) groups excluding carboxylic acids is 1. The second-order valence-electron chi connectivity index (χ2n) is 6.66. The highest BCUT2D eigenvalue weighted by atomic mass is 16.5. The van der Waals surface area contributed by atoms with Crippen LogP contribution < -0.4 is 4.74 Å². The first-order valence-electron chi connectivity index (χ1n) is 8.60. The quantitative estimate of drug-likeness (QED) is 0.690. The number of benzene rings is 2. The summed E-state index contributed by atoms with van der Waals surface area (Å²) < 4.78 is 7.73. The molecule has 0 spiro atoms. The van der Waals surface area contributed by atoms with E-state index in [-0.39, 0.29) is 12.4 Å². The predicted octanol–water partition coefficient (Wildman–Crippen LogP) is 4.36. The number of Topliss-reactive ketones (excluding diaryl/α,β-unsaturated/α-hetero) is 1. The van der Waals surface area contributed by atoms with Gasteiger partial charge in [0.05, 0.1) is 6.07 Å². The van der Waals surface area contributed by atoms with Gasteiger partial charge in [-0.15, -0.1) is 0 Å². The van der Waals surface area contributed by atoms with Crippen molar-refractivity contribution in [2.24, 2.45) is 7.05 Å². The topological polar surface area (TPSA) is 55.0 Å². The van der Waals surface area contributed by atoms with Crippen LogP contribution in [0.3, 0.4) is 0 Å². The number of aromatic nitrogens is 1. The Labute approximate surface area is 153 Å². The Morgan fingerprint density at radius 2 is 1.85 bits per heavy atom. The fourth-order valence-electron chi connectivity index (χ4n) is 3.26. The van der Waals surface area contributed by atoms with Gasteiger partial charge in [-0.1, -0.05) is 30.3 Å². The number of para-hydroxylation sites is 1. The van der Waals surface area contributed by atoms with Crippen LogP contribution in [0.5, 0.6) is 5.75 Å². The average molecular weight is 346 g/mol. The van der Waals surface area contributed by atoms with Crippen LogP contribution in [0.25, 0.3) is 10.9 Å². The maximum Gasteiger partial charge on any atom is 0.193 e. The SMILES string of the molecule is Cc1ccc(C)c(OCC(=O)C(C#N)c2cc3ccccc3n2C)c1C. The van der Waals surface area contributed by atoms with Gasteiger partial charge in [0.15, 0.2) is 5.78 Å². The zero-order valence-corrected chi connectivity index (χ0v) is 15.5. The third kappa shape index (κ3) is 3.09. The summed E-state index contributed by atoms with van der Waals surface area (Å²) in [5, 5.41) is 10.6. The van der Waals surface area contributed by atoms with Gasteiger partial charge in [-0.25, -0.2) is 0 Å². The van der Waals surface area contributed by atoms with E-state index in [4.69, 9.17) is 4.74 Å². The Morgan fingerprint density at radius 1 is 1.15 bits per heavy atom. The van der Waals surface area contributed by atoms with Crippen LogP contribution in [0, 0.1) is 32.1 Å². The van der Waals surface area contributed by atoms with Crippen LogP contribution in [0.1, 0.15) is 28.3 Å². The van der Waals surface area contributed by atoms with Crippen molar-refractivity contribution in [3.63, 3.8) is 0 Å². The van der Waals surface area contributed by atoms with E-state index in [1.54, 1.807) is 0 Å². The number of rotatable bonds is 5. The maximum absolute atomic E-state index is 12.7. The molecule has 1 atom stereocenters. The molecule has 0 aliphatic carbocycles. The zero-order chi connectivity index (χ0) is 18.8. The largest absolute Gasteiger partial charge is 0.485 e. The van der Waals surface area contributed by atoms with Gasteiger partial charge in [0.2, 0.25) is 0 Å². The Bertz CT molecular complexity index is 1020. The maximum atomic E-state index is 12.7. The number of ketones is 1. The first-order chi connectivity index (χ1) is 12.4. The summed E-state index contributed by atoms with van der Waals surface area (Å²) in [6.07, 6.45) is 0. The van der Waals surface area contributed by atoms with Crippen molar-refractivity contribution in [1.29, 1.82) is 5.26 Å². The molecule has 1 aromatic heterocycles. The number of ether oxygens (including phenoxy) is 1. The third-order valence-corrected chi connectivity index (χ3v) is 4.97. The molecule has 4 nitrogen and oxygen atoms in total. The van der Waals surface area contributed by atoms with E-state index < -0.39 is 5.92 Å². The lowest BCUT2D eigenvalue weighted by Crippen LogP contribution is -2.21. The normalized spacial score (nSPS) is 12.0. The van der Waals surface area contributed by atoms with Gasteiger partial charge >= 0.3 is 0 Å². The smallest absolute Gasteiger partial charge is 0.193 e. The van der Waals surface area contributed by atoms with E-state index in [0.29, 0.717) is 5.69 Å². The molecule has 26 heavy (non-hydrogen) atoms. The molecule has 0 N–H and O–H groups in total. The molecule has 4 heteroatoms. The summed E-state index contributed by atoms with van der Waals surface area (Å²) in [5.74, 6) is -0.358.